The van der Waals surface area contributed by atoms with Crippen molar-refractivity contribution < 1.29 is 18.9 Å². The fraction of sp³-hybridized carbons (Fsp3) is 0.520. The van der Waals surface area contributed by atoms with E-state index in [4.69, 9.17) is 4.52 Å². The zero-order valence-corrected chi connectivity index (χ0v) is 19.0. The number of carbonyl (C=O) groups excluding carboxylic acids is 3. The van der Waals surface area contributed by atoms with Crippen LogP contribution in [0.4, 0.5) is 0 Å². The van der Waals surface area contributed by atoms with Gasteiger partial charge in [-0.05, 0) is 44.2 Å². The Morgan fingerprint density at radius 3 is 2.33 bits per heavy atom. The number of benzene rings is 1. The van der Waals surface area contributed by atoms with E-state index in [-0.39, 0.29) is 29.5 Å². The van der Waals surface area contributed by atoms with Crippen LogP contribution in [-0.2, 0) is 4.79 Å². The molecule has 1 aliphatic carbocycles. The van der Waals surface area contributed by atoms with Crippen molar-refractivity contribution in [2.24, 2.45) is 5.92 Å². The van der Waals surface area contributed by atoms with Gasteiger partial charge in [-0.3, -0.25) is 14.4 Å². The lowest BCUT2D eigenvalue weighted by Crippen LogP contribution is -2.56. The molecule has 1 aromatic heterocycles. The summed E-state index contributed by atoms with van der Waals surface area (Å²) < 4.78 is 5.11. The van der Waals surface area contributed by atoms with E-state index in [0.717, 1.165) is 32.1 Å². The minimum Gasteiger partial charge on any atom is -0.351 e. The van der Waals surface area contributed by atoms with Crippen LogP contribution in [0.2, 0.25) is 0 Å². The molecule has 3 heterocycles. The van der Waals surface area contributed by atoms with E-state index >= 15 is 0 Å². The Bertz CT molecular complexity index is 1030. The number of fused-ring (bicyclic) bond motifs is 1. The number of hydrogen-bond acceptors (Lipinski definition) is 5. The van der Waals surface area contributed by atoms with Gasteiger partial charge in [-0.2, -0.15) is 0 Å². The second kappa shape index (κ2) is 9.00. The first-order chi connectivity index (χ1) is 16.0. The van der Waals surface area contributed by atoms with Crippen LogP contribution in [0.15, 0.2) is 40.9 Å². The average molecular weight is 451 g/mol. The molecule has 0 N–H and O–H groups in total. The maximum Gasteiger partial charge on any atom is 0.292 e. The van der Waals surface area contributed by atoms with Crippen molar-refractivity contribution in [3.8, 4) is 0 Å². The summed E-state index contributed by atoms with van der Waals surface area (Å²) in [5.74, 6) is 0.384. The summed E-state index contributed by atoms with van der Waals surface area (Å²) in [7, 11) is 0. The number of nitrogens with zero attached hydrogens (tertiary/aromatic N) is 4. The number of aromatic nitrogens is 1. The number of amides is 3. The molecule has 2 saturated heterocycles. The molecule has 174 valence electrons. The van der Waals surface area contributed by atoms with Gasteiger partial charge < -0.3 is 19.2 Å². The SMILES string of the molecule is Cc1cc(C(=O)N2CCN(C(=O)C3CC4CCCCC4N3C(=O)c3ccccc3)CC2)on1. The van der Waals surface area contributed by atoms with Gasteiger partial charge in [0.25, 0.3) is 11.8 Å². The lowest BCUT2D eigenvalue weighted by Gasteiger charge is -2.38. The van der Waals surface area contributed by atoms with E-state index in [0.29, 0.717) is 43.4 Å². The first kappa shape index (κ1) is 21.7. The van der Waals surface area contributed by atoms with Crippen molar-refractivity contribution in [2.45, 2.75) is 51.1 Å². The normalized spacial score (nSPS) is 25.1. The number of likely N-dealkylation sites (tertiary alicyclic amines) is 1. The third-order valence-electron chi connectivity index (χ3n) is 7.35. The summed E-state index contributed by atoms with van der Waals surface area (Å²) in [5.41, 5.74) is 1.30. The number of piperazine rings is 1. The Balaban J connectivity index is 1.29. The second-order valence-electron chi connectivity index (χ2n) is 9.39. The Morgan fingerprint density at radius 2 is 1.64 bits per heavy atom. The summed E-state index contributed by atoms with van der Waals surface area (Å²) in [6.07, 6.45) is 5.04. The fourth-order valence-electron chi connectivity index (χ4n) is 5.66. The van der Waals surface area contributed by atoms with E-state index in [1.54, 1.807) is 17.9 Å². The third-order valence-corrected chi connectivity index (χ3v) is 7.35. The molecule has 3 unspecified atom stereocenters. The number of carbonyl (C=O) groups is 3. The number of rotatable bonds is 3. The van der Waals surface area contributed by atoms with Crippen molar-refractivity contribution in [3.63, 3.8) is 0 Å². The van der Waals surface area contributed by atoms with Gasteiger partial charge in [0.05, 0.1) is 5.69 Å². The fourth-order valence-corrected chi connectivity index (χ4v) is 5.66. The predicted molar refractivity (Wildman–Crippen MR) is 120 cm³/mol. The molecule has 8 nitrogen and oxygen atoms in total. The summed E-state index contributed by atoms with van der Waals surface area (Å²) in [5, 5.41) is 3.79. The number of aryl methyl sites for hydroxylation is 1. The molecule has 5 rings (SSSR count). The summed E-state index contributed by atoms with van der Waals surface area (Å²) in [4.78, 5) is 45.2. The van der Waals surface area contributed by atoms with Crippen molar-refractivity contribution in [2.75, 3.05) is 26.2 Å². The van der Waals surface area contributed by atoms with Crippen LogP contribution in [0.1, 0.15) is 58.7 Å². The minimum atomic E-state index is -0.426. The van der Waals surface area contributed by atoms with E-state index in [9.17, 15) is 14.4 Å². The van der Waals surface area contributed by atoms with Gasteiger partial charge in [-0.15, -0.1) is 0 Å². The molecule has 3 fully saturated rings. The average Bonchev–Trinajstić information content (AvgIpc) is 3.47. The maximum absolute atomic E-state index is 13.6. The quantitative estimate of drug-likeness (QED) is 0.718. The zero-order valence-electron chi connectivity index (χ0n) is 19.0. The molecule has 3 amide bonds. The monoisotopic (exact) mass is 450 g/mol. The second-order valence-corrected chi connectivity index (χ2v) is 9.39. The van der Waals surface area contributed by atoms with E-state index in [1.165, 1.54) is 0 Å². The van der Waals surface area contributed by atoms with Crippen LogP contribution >= 0.6 is 0 Å². The van der Waals surface area contributed by atoms with E-state index < -0.39 is 6.04 Å². The molecular formula is C25H30N4O4. The Morgan fingerprint density at radius 1 is 0.939 bits per heavy atom. The highest BCUT2D eigenvalue weighted by atomic mass is 16.5. The zero-order chi connectivity index (χ0) is 22.9. The molecule has 33 heavy (non-hydrogen) atoms. The highest BCUT2D eigenvalue weighted by Gasteiger charge is 2.48. The maximum atomic E-state index is 13.6. The van der Waals surface area contributed by atoms with Gasteiger partial charge in [0.2, 0.25) is 11.7 Å². The van der Waals surface area contributed by atoms with E-state index in [1.807, 2.05) is 40.1 Å². The lowest BCUT2D eigenvalue weighted by atomic mass is 9.84. The molecular weight excluding hydrogens is 420 g/mol. The minimum absolute atomic E-state index is 0.0105. The molecule has 0 bridgehead atoms. The predicted octanol–water partition coefficient (Wildman–Crippen LogP) is 2.74. The van der Waals surface area contributed by atoms with Gasteiger partial charge in [-0.25, -0.2) is 0 Å². The first-order valence-electron chi connectivity index (χ1n) is 11.9. The molecule has 1 aromatic carbocycles. The standard InChI is InChI=1S/C25H30N4O4/c1-17-15-22(33-26-17)25(32)28-13-11-27(12-14-28)24(31)21-16-19-9-5-6-10-20(19)29(21)23(30)18-7-3-2-4-8-18/h2-4,7-8,15,19-21H,5-6,9-14,16H2,1H3. The third kappa shape index (κ3) is 4.14. The molecule has 3 aliphatic rings. The Kier molecular flexibility index (Phi) is 5.91. The summed E-state index contributed by atoms with van der Waals surface area (Å²) >= 11 is 0. The summed E-state index contributed by atoms with van der Waals surface area (Å²) in [6.45, 7) is 3.57. The van der Waals surface area contributed by atoms with Crippen LogP contribution < -0.4 is 0 Å². The van der Waals surface area contributed by atoms with Crippen molar-refractivity contribution >= 4 is 17.7 Å². The highest BCUT2D eigenvalue weighted by Crippen LogP contribution is 2.41. The van der Waals surface area contributed by atoms with E-state index in [2.05, 4.69) is 5.16 Å². The van der Waals surface area contributed by atoms with Gasteiger partial charge in [0.1, 0.15) is 6.04 Å². The van der Waals surface area contributed by atoms with Gasteiger partial charge in [-0.1, -0.05) is 36.2 Å². The van der Waals surface area contributed by atoms with Gasteiger partial charge in [0.15, 0.2) is 0 Å². The van der Waals surface area contributed by atoms with Gasteiger partial charge >= 0.3 is 0 Å². The summed E-state index contributed by atoms with van der Waals surface area (Å²) in [6, 6.07) is 10.6. The molecule has 2 aromatic rings. The lowest BCUT2D eigenvalue weighted by molar-refractivity contribution is -0.137. The van der Waals surface area contributed by atoms with Crippen LogP contribution in [0.3, 0.4) is 0 Å². The van der Waals surface area contributed by atoms with Crippen molar-refractivity contribution in [1.82, 2.24) is 19.9 Å². The van der Waals surface area contributed by atoms with Crippen LogP contribution in [0.5, 0.6) is 0 Å². The van der Waals surface area contributed by atoms with Crippen molar-refractivity contribution in [1.29, 1.82) is 0 Å². The molecule has 8 heteroatoms. The molecule has 3 atom stereocenters. The van der Waals surface area contributed by atoms with Crippen molar-refractivity contribution in [3.05, 3.63) is 53.4 Å². The van der Waals surface area contributed by atoms with Gasteiger partial charge in [0, 0.05) is 43.9 Å². The Labute approximate surface area is 193 Å². The smallest absolute Gasteiger partial charge is 0.292 e. The highest BCUT2D eigenvalue weighted by molar-refractivity contribution is 5.98. The van der Waals surface area contributed by atoms with Crippen LogP contribution in [0.25, 0.3) is 0 Å². The van der Waals surface area contributed by atoms with Crippen LogP contribution in [-0.4, -0.2) is 75.8 Å². The van der Waals surface area contributed by atoms with Crippen LogP contribution in [0, 0.1) is 12.8 Å². The Hall–Kier alpha value is -3.16. The molecule has 1 saturated carbocycles. The molecule has 2 aliphatic heterocycles. The topological polar surface area (TPSA) is 87.0 Å². The number of hydrogen-bond donors (Lipinski definition) is 0. The first-order valence-corrected chi connectivity index (χ1v) is 11.9. The largest absolute Gasteiger partial charge is 0.351 e. The molecule has 0 spiro atoms. The molecule has 0 radical (unpaired) electrons.